The Hall–Kier alpha value is -3.19. The highest BCUT2D eigenvalue weighted by molar-refractivity contribution is 5.92. The van der Waals surface area contributed by atoms with E-state index in [2.05, 4.69) is 4.90 Å². The number of phenolic OH excluding ortho intramolecular Hbond substituents is 1. The molecule has 1 aliphatic heterocycles. The number of aliphatic hydroxyl groups is 1. The van der Waals surface area contributed by atoms with Crippen molar-refractivity contribution in [3.05, 3.63) is 48.0 Å². The molecular weight excluding hydrogens is 404 g/mol. The van der Waals surface area contributed by atoms with Gasteiger partial charge in [-0.25, -0.2) is 9.97 Å². The Labute approximate surface area is 189 Å². The summed E-state index contributed by atoms with van der Waals surface area (Å²) in [4.78, 5) is 26.1. The molecule has 4 rings (SSSR count). The topological polar surface area (TPSA) is 89.8 Å². The molecule has 1 amide bonds. The molecule has 3 aromatic rings. The summed E-state index contributed by atoms with van der Waals surface area (Å²) in [7, 11) is 0. The number of aliphatic hydroxyl groups excluding tert-OH is 1. The molecule has 7 heteroatoms. The van der Waals surface area contributed by atoms with E-state index in [0.717, 1.165) is 22.3 Å². The van der Waals surface area contributed by atoms with Gasteiger partial charge in [0.15, 0.2) is 5.82 Å². The van der Waals surface area contributed by atoms with Gasteiger partial charge in [0.2, 0.25) is 0 Å². The van der Waals surface area contributed by atoms with Gasteiger partial charge in [-0.1, -0.05) is 32.0 Å². The number of para-hydroxylation sites is 1. The number of hydrogen-bond acceptors (Lipinski definition) is 6. The molecule has 1 atom stereocenters. The second-order valence-corrected chi connectivity index (χ2v) is 8.87. The molecule has 2 aromatic carbocycles. The van der Waals surface area contributed by atoms with Crippen molar-refractivity contribution in [2.45, 2.75) is 33.3 Å². The summed E-state index contributed by atoms with van der Waals surface area (Å²) in [5.41, 5.74) is 2.50. The number of benzene rings is 2. The maximum absolute atomic E-state index is 12.6. The predicted octanol–water partition coefficient (Wildman–Crippen LogP) is 3.61. The number of aryl methyl sites for hydroxylation is 1. The number of piperazine rings is 1. The van der Waals surface area contributed by atoms with Gasteiger partial charge in [0.1, 0.15) is 17.7 Å². The van der Waals surface area contributed by atoms with Crippen LogP contribution in [-0.2, 0) is 4.79 Å². The normalized spacial score (nSPS) is 15.4. The number of phenols is 1. The quantitative estimate of drug-likeness (QED) is 0.635. The van der Waals surface area contributed by atoms with Crippen LogP contribution in [-0.4, -0.2) is 63.3 Å². The van der Waals surface area contributed by atoms with Gasteiger partial charge in [-0.15, -0.1) is 0 Å². The van der Waals surface area contributed by atoms with Crippen LogP contribution in [0.25, 0.3) is 22.3 Å². The first-order valence-electron chi connectivity index (χ1n) is 11.1. The first-order chi connectivity index (χ1) is 15.3. The van der Waals surface area contributed by atoms with E-state index in [0.29, 0.717) is 44.0 Å². The number of carbonyl (C=O) groups excluding carboxylic acids is 1. The van der Waals surface area contributed by atoms with E-state index in [1.807, 2.05) is 51.1 Å². The lowest BCUT2D eigenvalue weighted by Crippen LogP contribution is -2.52. The van der Waals surface area contributed by atoms with E-state index in [-0.39, 0.29) is 19.0 Å². The van der Waals surface area contributed by atoms with Gasteiger partial charge in [0.25, 0.3) is 5.91 Å². The number of amides is 1. The molecule has 0 saturated carbocycles. The smallest absolute Gasteiger partial charge is 0.251 e. The summed E-state index contributed by atoms with van der Waals surface area (Å²) in [6, 6.07) is 13.1. The van der Waals surface area contributed by atoms with Crippen LogP contribution in [0.5, 0.6) is 5.75 Å². The second-order valence-electron chi connectivity index (χ2n) is 8.87. The average Bonchev–Trinajstić information content (AvgIpc) is 2.77. The fourth-order valence-corrected chi connectivity index (χ4v) is 4.14. The van der Waals surface area contributed by atoms with Crippen molar-refractivity contribution in [3.63, 3.8) is 0 Å². The highest BCUT2D eigenvalue weighted by Gasteiger charge is 2.28. The van der Waals surface area contributed by atoms with Crippen LogP contribution in [0.4, 0.5) is 5.82 Å². The van der Waals surface area contributed by atoms with Crippen molar-refractivity contribution in [2.75, 3.05) is 31.1 Å². The van der Waals surface area contributed by atoms with Crippen LogP contribution < -0.4 is 4.90 Å². The number of hydrogen-bond donors (Lipinski definition) is 2. The molecular formula is C25H32N4O3. The standard InChI is InChI=1S/C25H30N4O3.H2/c1-16(2)14-22(31)25(32)29-12-10-28(11-13-29)24-18-9-8-17(3)15-20(18)26-23(27-24)19-6-4-5-7-21(19)30;/h4-9,15-16,22,30-31H,10-14H2,1-3H3;1H/t22-;/m1./s1. The largest absolute Gasteiger partial charge is 0.507 e. The van der Waals surface area contributed by atoms with Gasteiger partial charge in [-0.05, 0) is 49.1 Å². The molecule has 1 aliphatic rings. The van der Waals surface area contributed by atoms with E-state index < -0.39 is 6.10 Å². The van der Waals surface area contributed by atoms with Gasteiger partial charge in [0, 0.05) is 33.0 Å². The number of rotatable bonds is 5. The molecule has 1 saturated heterocycles. The van der Waals surface area contributed by atoms with E-state index >= 15 is 0 Å². The number of aromatic hydroxyl groups is 1. The molecule has 170 valence electrons. The lowest BCUT2D eigenvalue weighted by Gasteiger charge is -2.37. The van der Waals surface area contributed by atoms with Crippen molar-refractivity contribution in [3.8, 4) is 17.1 Å². The van der Waals surface area contributed by atoms with Gasteiger partial charge in [0.05, 0.1) is 11.1 Å². The lowest BCUT2D eigenvalue weighted by atomic mass is 10.0. The highest BCUT2D eigenvalue weighted by atomic mass is 16.3. The molecule has 1 fully saturated rings. The number of fused-ring (bicyclic) bond motifs is 1. The number of aromatic nitrogens is 2. The van der Waals surface area contributed by atoms with Crippen molar-refractivity contribution in [2.24, 2.45) is 5.92 Å². The Balaban J connectivity index is 0.00000306. The van der Waals surface area contributed by atoms with Crippen LogP contribution in [0.1, 0.15) is 27.3 Å². The van der Waals surface area contributed by atoms with Crippen molar-refractivity contribution >= 4 is 22.6 Å². The fourth-order valence-electron chi connectivity index (χ4n) is 4.14. The van der Waals surface area contributed by atoms with Crippen LogP contribution in [0, 0.1) is 12.8 Å². The zero-order valence-corrected chi connectivity index (χ0v) is 18.8. The number of carbonyl (C=O) groups is 1. The first-order valence-corrected chi connectivity index (χ1v) is 11.1. The SMILES string of the molecule is Cc1ccc2c(N3CCN(C(=O)[C@H](O)CC(C)C)CC3)nc(-c3ccccc3O)nc2c1.[HH]. The third-order valence-corrected chi connectivity index (χ3v) is 5.85. The number of anilines is 1. The molecule has 7 nitrogen and oxygen atoms in total. The fraction of sp³-hybridized carbons (Fsp3) is 0.400. The molecule has 0 spiro atoms. The Morgan fingerprint density at radius 1 is 1.09 bits per heavy atom. The van der Waals surface area contributed by atoms with E-state index in [1.165, 1.54) is 0 Å². The molecule has 2 heterocycles. The van der Waals surface area contributed by atoms with Gasteiger partial charge in [-0.3, -0.25) is 4.79 Å². The molecule has 32 heavy (non-hydrogen) atoms. The van der Waals surface area contributed by atoms with Crippen molar-refractivity contribution in [1.29, 1.82) is 0 Å². The average molecular weight is 437 g/mol. The summed E-state index contributed by atoms with van der Waals surface area (Å²) in [6.45, 7) is 8.29. The minimum atomic E-state index is -0.947. The Bertz CT molecular complexity index is 1130. The Kier molecular flexibility index (Phi) is 6.28. The monoisotopic (exact) mass is 436 g/mol. The Morgan fingerprint density at radius 2 is 1.81 bits per heavy atom. The maximum atomic E-state index is 12.6. The third kappa shape index (κ3) is 4.53. The second kappa shape index (κ2) is 9.12. The number of nitrogens with zero attached hydrogens (tertiary/aromatic N) is 4. The minimum absolute atomic E-state index is 0. The summed E-state index contributed by atoms with van der Waals surface area (Å²) in [6.07, 6.45) is -0.476. The molecule has 0 unspecified atom stereocenters. The molecule has 0 aliphatic carbocycles. The summed E-state index contributed by atoms with van der Waals surface area (Å²) < 4.78 is 0. The van der Waals surface area contributed by atoms with Crippen LogP contribution in [0.3, 0.4) is 0 Å². The maximum Gasteiger partial charge on any atom is 0.251 e. The van der Waals surface area contributed by atoms with E-state index in [4.69, 9.17) is 9.97 Å². The minimum Gasteiger partial charge on any atom is -0.507 e. The lowest BCUT2D eigenvalue weighted by molar-refractivity contribution is -0.141. The molecule has 0 radical (unpaired) electrons. The third-order valence-electron chi connectivity index (χ3n) is 5.85. The summed E-state index contributed by atoms with van der Waals surface area (Å²) in [5, 5.41) is 21.5. The predicted molar refractivity (Wildman–Crippen MR) is 128 cm³/mol. The Morgan fingerprint density at radius 3 is 2.50 bits per heavy atom. The highest BCUT2D eigenvalue weighted by Crippen LogP contribution is 2.32. The summed E-state index contributed by atoms with van der Waals surface area (Å²) >= 11 is 0. The van der Waals surface area contributed by atoms with Gasteiger partial charge < -0.3 is 20.0 Å². The first kappa shape index (κ1) is 22.0. The zero-order chi connectivity index (χ0) is 22.8. The van der Waals surface area contributed by atoms with Gasteiger partial charge in [-0.2, -0.15) is 0 Å². The van der Waals surface area contributed by atoms with Crippen molar-refractivity contribution in [1.82, 2.24) is 14.9 Å². The van der Waals surface area contributed by atoms with E-state index in [1.54, 1.807) is 17.0 Å². The summed E-state index contributed by atoms with van der Waals surface area (Å²) in [5.74, 6) is 1.47. The zero-order valence-electron chi connectivity index (χ0n) is 18.8. The molecule has 1 aromatic heterocycles. The van der Waals surface area contributed by atoms with Gasteiger partial charge >= 0.3 is 0 Å². The van der Waals surface area contributed by atoms with Crippen molar-refractivity contribution < 1.29 is 16.4 Å². The van der Waals surface area contributed by atoms with Crippen LogP contribution >= 0.6 is 0 Å². The van der Waals surface area contributed by atoms with E-state index in [9.17, 15) is 15.0 Å². The van der Waals surface area contributed by atoms with Crippen LogP contribution in [0.2, 0.25) is 0 Å². The van der Waals surface area contributed by atoms with Crippen LogP contribution in [0.15, 0.2) is 42.5 Å². The molecule has 2 N–H and O–H groups in total. The molecule has 0 bridgehead atoms.